The maximum Gasteiger partial charge on any atom is 0.266 e. The van der Waals surface area contributed by atoms with Gasteiger partial charge in [0.1, 0.15) is 11.6 Å². The van der Waals surface area contributed by atoms with Crippen LogP contribution in [0.15, 0.2) is 58.4 Å². The number of carbonyl (C=O) groups excluding carboxylic acids is 1. The van der Waals surface area contributed by atoms with E-state index in [1.807, 2.05) is 0 Å². The number of nitrogens with zero attached hydrogens (tertiary/aromatic N) is 2. The topological polar surface area (TPSA) is 52.9 Å². The Morgan fingerprint density at radius 2 is 1.87 bits per heavy atom. The van der Waals surface area contributed by atoms with Crippen LogP contribution in [0.1, 0.15) is 5.56 Å². The zero-order valence-corrected chi connectivity index (χ0v) is 13.0. The zero-order valence-electron chi connectivity index (χ0n) is 12.2. The number of likely N-dealkylation sites (N-methyl/N-ethyl adjacent to an activating group) is 1. The van der Waals surface area contributed by atoms with Gasteiger partial charge in [0.25, 0.3) is 5.91 Å². The van der Waals surface area contributed by atoms with Crippen LogP contribution in [0.25, 0.3) is 6.08 Å². The second-order valence-electron chi connectivity index (χ2n) is 4.90. The number of aliphatic imine (C=N–C) groups is 1. The van der Waals surface area contributed by atoms with Gasteiger partial charge in [-0.15, -0.1) is 0 Å². The van der Waals surface area contributed by atoms with Gasteiger partial charge in [0.05, 0.1) is 10.6 Å². The first-order chi connectivity index (χ1) is 11.0. The molecule has 1 heterocycles. The highest BCUT2D eigenvalue weighted by molar-refractivity contribution is 8.18. The van der Waals surface area contributed by atoms with Crippen LogP contribution < -0.4 is 0 Å². The minimum absolute atomic E-state index is 0.111. The Hall–Kier alpha value is -2.60. The smallest absolute Gasteiger partial charge is 0.266 e. The van der Waals surface area contributed by atoms with Gasteiger partial charge in [-0.2, -0.15) is 0 Å². The molecule has 23 heavy (non-hydrogen) atoms. The fourth-order valence-electron chi connectivity index (χ4n) is 2.03. The van der Waals surface area contributed by atoms with Crippen LogP contribution in [0.4, 0.5) is 10.1 Å². The number of rotatable bonds is 2. The first kappa shape index (κ1) is 15.3. The molecule has 1 aliphatic rings. The number of thioether (sulfide) groups is 1. The molecule has 0 unspecified atom stereocenters. The number of halogens is 1. The Labute approximate surface area is 137 Å². The van der Waals surface area contributed by atoms with Crippen LogP contribution in [0.3, 0.4) is 0 Å². The monoisotopic (exact) mass is 328 g/mol. The molecule has 6 heteroatoms. The van der Waals surface area contributed by atoms with Crippen LogP contribution in [-0.2, 0) is 4.79 Å². The van der Waals surface area contributed by atoms with Crippen LogP contribution in [0.5, 0.6) is 5.75 Å². The lowest BCUT2D eigenvalue weighted by molar-refractivity contribution is -0.121. The first-order valence-electron chi connectivity index (χ1n) is 6.84. The molecule has 116 valence electrons. The van der Waals surface area contributed by atoms with Gasteiger partial charge in [0.2, 0.25) is 0 Å². The Kier molecular flexibility index (Phi) is 4.16. The van der Waals surface area contributed by atoms with Crippen molar-refractivity contribution in [2.24, 2.45) is 4.99 Å². The summed E-state index contributed by atoms with van der Waals surface area (Å²) < 4.78 is 12.9. The largest absolute Gasteiger partial charge is 0.507 e. The molecule has 1 aliphatic heterocycles. The minimum Gasteiger partial charge on any atom is -0.507 e. The number of hydrogen-bond donors (Lipinski definition) is 1. The highest BCUT2D eigenvalue weighted by Crippen LogP contribution is 2.34. The molecule has 1 saturated heterocycles. The normalized spacial score (nSPS) is 18.2. The first-order valence-corrected chi connectivity index (χ1v) is 7.66. The number of para-hydroxylation sites is 1. The van der Waals surface area contributed by atoms with Crippen molar-refractivity contribution in [1.82, 2.24) is 4.90 Å². The van der Waals surface area contributed by atoms with E-state index < -0.39 is 0 Å². The molecule has 3 rings (SSSR count). The standard InChI is InChI=1S/C17H13FN2O2S/c1-20-16(22)15(10-11-4-2-3-5-14(11)21)23-17(20)19-13-8-6-12(18)7-9-13/h2-10,21H,1H3/b15-10+,19-17?. The average Bonchev–Trinajstić information content (AvgIpc) is 2.80. The van der Waals surface area contributed by atoms with Crippen molar-refractivity contribution in [2.45, 2.75) is 0 Å². The molecule has 1 amide bonds. The third-order valence-corrected chi connectivity index (χ3v) is 4.34. The summed E-state index contributed by atoms with van der Waals surface area (Å²) in [6.07, 6.45) is 1.63. The summed E-state index contributed by atoms with van der Waals surface area (Å²) in [4.78, 5) is 18.5. The molecule has 0 saturated carbocycles. The molecular formula is C17H13FN2O2S. The summed E-state index contributed by atoms with van der Waals surface area (Å²) in [5.41, 5.74) is 1.14. The Morgan fingerprint density at radius 1 is 1.17 bits per heavy atom. The van der Waals surface area contributed by atoms with Gasteiger partial charge in [-0.1, -0.05) is 18.2 Å². The highest BCUT2D eigenvalue weighted by Gasteiger charge is 2.30. The summed E-state index contributed by atoms with van der Waals surface area (Å²) in [5, 5.41) is 10.3. The van der Waals surface area contributed by atoms with Gasteiger partial charge >= 0.3 is 0 Å². The molecular weight excluding hydrogens is 315 g/mol. The molecule has 0 bridgehead atoms. The number of hydrogen-bond acceptors (Lipinski definition) is 4. The van der Waals surface area contributed by atoms with Crippen molar-refractivity contribution in [3.63, 3.8) is 0 Å². The van der Waals surface area contributed by atoms with E-state index in [0.717, 1.165) is 0 Å². The van der Waals surface area contributed by atoms with E-state index in [1.54, 1.807) is 49.5 Å². The predicted molar refractivity (Wildman–Crippen MR) is 89.9 cm³/mol. The minimum atomic E-state index is -0.336. The van der Waals surface area contributed by atoms with Crippen LogP contribution >= 0.6 is 11.8 Å². The van der Waals surface area contributed by atoms with Gasteiger partial charge in [-0.25, -0.2) is 9.38 Å². The molecule has 0 radical (unpaired) electrons. The number of amides is 1. The number of phenols is 1. The van der Waals surface area contributed by atoms with E-state index in [0.29, 0.717) is 21.3 Å². The highest BCUT2D eigenvalue weighted by atomic mass is 32.2. The van der Waals surface area contributed by atoms with Crippen molar-refractivity contribution < 1.29 is 14.3 Å². The molecule has 1 fully saturated rings. The van der Waals surface area contributed by atoms with Crippen molar-refractivity contribution in [1.29, 1.82) is 0 Å². The van der Waals surface area contributed by atoms with Gasteiger partial charge in [-0.3, -0.25) is 9.69 Å². The molecule has 0 spiro atoms. The van der Waals surface area contributed by atoms with E-state index in [2.05, 4.69) is 4.99 Å². The second kappa shape index (κ2) is 6.26. The van der Waals surface area contributed by atoms with Gasteiger partial charge in [-0.05, 0) is 48.2 Å². The Balaban J connectivity index is 1.91. The quantitative estimate of drug-likeness (QED) is 0.854. The Morgan fingerprint density at radius 3 is 2.57 bits per heavy atom. The SMILES string of the molecule is CN1C(=O)/C(=C\c2ccccc2O)SC1=Nc1ccc(F)cc1. The summed E-state index contributed by atoms with van der Waals surface area (Å²) >= 11 is 1.21. The summed E-state index contributed by atoms with van der Waals surface area (Å²) in [5.74, 6) is -0.420. The van der Waals surface area contributed by atoms with Crippen molar-refractivity contribution in [3.05, 3.63) is 64.8 Å². The van der Waals surface area contributed by atoms with Gasteiger partial charge < -0.3 is 5.11 Å². The van der Waals surface area contributed by atoms with Crippen LogP contribution in [-0.4, -0.2) is 28.1 Å². The lowest BCUT2D eigenvalue weighted by atomic mass is 10.2. The molecule has 1 N–H and O–H groups in total. The van der Waals surface area contributed by atoms with E-state index in [1.165, 1.54) is 28.8 Å². The lowest BCUT2D eigenvalue weighted by Gasteiger charge is -2.06. The van der Waals surface area contributed by atoms with Gasteiger partial charge in [0.15, 0.2) is 5.17 Å². The summed E-state index contributed by atoms with van der Waals surface area (Å²) in [7, 11) is 1.63. The van der Waals surface area contributed by atoms with Crippen LogP contribution in [0.2, 0.25) is 0 Å². The predicted octanol–water partition coefficient (Wildman–Crippen LogP) is 3.77. The number of carbonyl (C=O) groups is 1. The number of amidine groups is 1. The fourth-order valence-corrected chi connectivity index (χ4v) is 3.01. The van der Waals surface area contributed by atoms with Crippen molar-refractivity contribution in [2.75, 3.05) is 7.05 Å². The second-order valence-corrected chi connectivity index (χ2v) is 5.91. The molecule has 0 aliphatic carbocycles. The molecule has 0 aromatic heterocycles. The number of phenolic OH excluding ortho intramolecular Hbond substituents is 1. The van der Waals surface area contributed by atoms with Gasteiger partial charge in [0, 0.05) is 12.6 Å². The van der Waals surface area contributed by atoms with Crippen LogP contribution in [0, 0.1) is 5.82 Å². The summed E-state index contributed by atoms with van der Waals surface area (Å²) in [6, 6.07) is 12.5. The molecule has 4 nitrogen and oxygen atoms in total. The lowest BCUT2D eigenvalue weighted by Crippen LogP contribution is -2.23. The van der Waals surface area contributed by atoms with E-state index in [9.17, 15) is 14.3 Å². The van der Waals surface area contributed by atoms with E-state index in [4.69, 9.17) is 0 Å². The maximum absolute atomic E-state index is 12.9. The van der Waals surface area contributed by atoms with E-state index in [-0.39, 0.29) is 17.5 Å². The number of benzene rings is 2. The summed E-state index contributed by atoms with van der Waals surface area (Å²) in [6.45, 7) is 0. The average molecular weight is 328 g/mol. The fraction of sp³-hybridized carbons (Fsp3) is 0.0588. The van der Waals surface area contributed by atoms with E-state index >= 15 is 0 Å². The number of aromatic hydroxyl groups is 1. The van der Waals surface area contributed by atoms with Crippen molar-refractivity contribution in [3.8, 4) is 5.75 Å². The zero-order chi connectivity index (χ0) is 16.4. The third kappa shape index (κ3) is 3.27. The Bertz CT molecular complexity index is 816. The molecule has 2 aromatic rings. The third-order valence-electron chi connectivity index (χ3n) is 3.28. The molecule has 2 aromatic carbocycles. The van der Waals surface area contributed by atoms with Crippen molar-refractivity contribution >= 4 is 34.6 Å². The molecule has 0 atom stereocenters. The maximum atomic E-state index is 12.9.